The lowest BCUT2D eigenvalue weighted by Gasteiger charge is -2.20. The number of carbonyl (C=O) groups is 1. The fraction of sp³-hybridized carbons (Fsp3) is 0.917. The van der Waals surface area contributed by atoms with Crippen molar-refractivity contribution in [1.82, 2.24) is 5.32 Å². The van der Waals surface area contributed by atoms with Gasteiger partial charge in [-0.2, -0.15) is 0 Å². The fourth-order valence-electron chi connectivity index (χ4n) is 2.79. The van der Waals surface area contributed by atoms with E-state index < -0.39 is 0 Å². The first-order valence-corrected chi connectivity index (χ1v) is 6.40. The van der Waals surface area contributed by atoms with Crippen molar-refractivity contribution in [3.63, 3.8) is 0 Å². The standard InChI is InChI=1S/C12H22N2O2/c13-8-9-3-1-5-11(9)14-12(15)7-10-4-2-6-16-10/h9-11H,1-8,13H2,(H,14,15). The fourth-order valence-corrected chi connectivity index (χ4v) is 2.79. The maximum Gasteiger partial charge on any atom is 0.222 e. The topological polar surface area (TPSA) is 64.3 Å². The third kappa shape index (κ3) is 2.95. The van der Waals surface area contributed by atoms with E-state index in [-0.39, 0.29) is 12.0 Å². The largest absolute Gasteiger partial charge is 0.378 e. The van der Waals surface area contributed by atoms with E-state index >= 15 is 0 Å². The predicted molar refractivity (Wildman–Crippen MR) is 61.9 cm³/mol. The number of nitrogens with two attached hydrogens (primary N) is 1. The number of hydrogen-bond donors (Lipinski definition) is 2. The van der Waals surface area contributed by atoms with Crippen molar-refractivity contribution in [2.24, 2.45) is 11.7 Å². The zero-order valence-electron chi connectivity index (χ0n) is 9.78. The maximum atomic E-state index is 11.8. The Morgan fingerprint density at radius 3 is 2.88 bits per heavy atom. The summed E-state index contributed by atoms with van der Waals surface area (Å²) in [6, 6.07) is 0.305. The third-order valence-electron chi connectivity index (χ3n) is 3.75. The number of nitrogens with one attached hydrogen (secondary N) is 1. The van der Waals surface area contributed by atoms with Gasteiger partial charge in [0.2, 0.25) is 5.91 Å². The first-order valence-electron chi connectivity index (χ1n) is 6.40. The van der Waals surface area contributed by atoms with Crippen LogP contribution in [0.15, 0.2) is 0 Å². The zero-order chi connectivity index (χ0) is 11.4. The summed E-state index contributed by atoms with van der Waals surface area (Å²) in [6.45, 7) is 1.50. The lowest BCUT2D eigenvalue weighted by Crippen LogP contribution is -2.40. The minimum atomic E-state index is 0.136. The molecule has 0 aromatic carbocycles. The summed E-state index contributed by atoms with van der Waals surface area (Å²) >= 11 is 0. The van der Waals surface area contributed by atoms with Crippen LogP contribution in [0.1, 0.15) is 38.5 Å². The van der Waals surface area contributed by atoms with E-state index in [9.17, 15) is 4.79 Å². The van der Waals surface area contributed by atoms with E-state index in [4.69, 9.17) is 10.5 Å². The molecule has 16 heavy (non-hydrogen) atoms. The molecule has 4 heteroatoms. The van der Waals surface area contributed by atoms with Crippen molar-refractivity contribution < 1.29 is 9.53 Å². The SMILES string of the molecule is NCC1CCCC1NC(=O)CC1CCCO1. The predicted octanol–water partition coefficient (Wildman–Crippen LogP) is 0.799. The number of carbonyl (C=O) groups excluding carboxylic acids is 1. The van der Waals surface area contributed by atoms with Gasteiger partial charge in [0.25, 0.3) is 0 Å². The van der Waals surface area contributed by atoms with E-state index in [0.29, 0.717) is 24.9 Å². The molecule has 4 nitrogen and oxygen atoms in total. The molecule has 0 bridgehead atoms. The summed E-state index contributed by atoms with van der Waals surface area (Å²) in [7, 11) is 0. The van der Waals surface area contributed by atoms with E-state index in [1.54, 1.807) is 0 Å². The van der Waals surface area contributed by atoms with Gasteiger partial charge in [-0.15, -0.1) is 0 Å². The Hall–Kier alpha value is -0.610. The van der Waals surface area contributed by atoms with E-state index in [0.717, 1.165) is 32.3 Å². The summed E-state index contributed by atoms with van der Waals surface area (Å²) in [5, 5.41) is 3.11. The van der Waals surface area contributed by atoms with Crippen LogP contribution in [0, 0.1) is 5.92 Å². The first-order chi connectivity index (χ1) is 7.79. The third-order valence-corrected chi connectivity index (χ3v) is 3.75. The zero-order valence-corrected chi connectivity index (χ0v) is 9.78. The molecule has 2 aliphatic rings. The smallest absolute Gasteiger partial charge is 0.222 e. The normalized spacial score (nSPS) is 34.2. The molecule has 1 amide bonds. The Morgan fingerprint density at radius 1 is 1.31 bits per heavy atom. The molecule has 2 rings (SSSR count). The van der Waals surface area contributed by atoms with Gasteiger partial charge in [-0.25, -0.2) is 0 Å². The number of rotatable bonds is 4. The van der Waals surface area contributed by atoms with Crippen molar-refractivity contribution >= 4 is 5.91 Å². The van der Waals surface area contributed by atoms with Gasteiger partial charge >= 0.3 is 0 Å². The molecule has 0 spiro atoms. The molecule has 0 aromatic rings. The van der Waals surface area contributed by atoms with Crippen LogP contribution in [0.3, 0.4) is 0 Å². The summed E-state index contributed by atoms with van der Waals surface area (Å²) in [4.78, 5) is 11.8. The van der Waals surface area contributed by atoms with E-state index in [2.05, 4.69) is 5.32 Å². The van der Waals surface area contributed by atoms with Gasteiger partial charge in [-0.1, -0.05) is 6.42 Å². The monoisotopic (exact) mass is 226 g/mol. The number of hydrogen-bond acceptors (Lipinski definition) is 3. The lowest BCUT2D eigenvalue weighted by molar-refractivity contribution is -0.124. The molecule has 0 aromatic heterocycles. The molecule has 92 valence electrons. The van der Waals surface area contributed by atoms with Crippen LogP contribution in [0.25, 0.3) is 0 Å². The average molecular weight is 226 g/mol. The summed E-state index contributed by atoms with van der Waals surface area (Å²) in [5.41, 5.74) is 5.69. The number of ether oxygens (including phenoxy) is 1. The second kappa shape index (κ2) is 5.64. The first kappa shape index (κ1) is 11.9. The molecule has 3 atom stereocenters. The van der Waals surface area contributed by atoms with Crippen molar-refractivity contribution in [1.29, 1.82) is 0 Å². The van der Waals surface area contributed by atoms with Crippen molar-refractivity contribution in [3.8, 4) is 0 Å². The molecule has 1 saturated heterocycles. The second-order valence-corrected chi connectivity index (χ2v) is 4.94. The van der Waals surface area contributed by atoms with Crippen molar-refractivity contribution in [2.45, 2.75) is 50.7 Å². The van der Waals surface area contributed by atoms with Gasteiger partial charge in [0.1, 0.15) is 0 Å². The highest BCUT2D eigenvalue weighted by atomic mass is 16.5. The summed E-state index contributed by atoms with van der Waals surface area (Å²) in [5.74, 6) is 0.616. The van der Waals surface area contributed by atoms with Crippen LogP contribution in [0.5, 0.6) is 0 Å². The summed E-state index contributed by atoms with van der Waals surface area (Å²) in [6.07, 6.45) is 6.21. The van der Waals surface area contributed by atoms with Crippen LogP contribution in [-0.2, 0) is 9.53 Å². The maximum absolute atomic E-state index is 11.8. The molecule has 1 heterocycles. The van der Waals surface area contributed by atoms with E-state index in [1.807, 2.05) is 0 Å². The summed E-state index contributed by atoms with van der Waals surface area (Å²) < 4.78 is 5.46. The number of amides is 1. The molecular formula is C12H22N2O2. The van der Waals surface area contributed by atoms with E-state index in [1.165, 1.54) is 6.42 Å². The Labute approximate surface area is 96.9 Å². The highest BCUT2D eigenvalue weighted by Crippen LogP contribution is 2.25. The minimum Gasteiger partial charge on any atom is -0.378 e. The molecule has 0 radical (unpaired) electrons. The highest BCUT2D eigenvalue weighted by Gasteiger charge is 2.28. The Balaban J connectivity index is 1.73. The van der Waals surface area contributed by atoms with Crippen LogP contribution < -0.4 is 11.1 Å². The Morgan fingerprint density at radius 2 is 2.19 bits per heavy atom. The molecule has 2 fully saturated rings. The van der Waals surface area contributed by atoms with Gasteiger partial charge in [0.15, 0.2) is 0 Å². The van der Waals surface area contributed by atoms with Crippen LogP contribution in [0.4, 0.5) is 0 Å². The van der Waals surface area contributed by atoms with Gasteiger partial charge in [0, 0.05) is 12.6 Å². The highest BCUT2D eigenvalue weighted by molar-refractivity contribution is 5.76. The molecule has 3 N–H and O–H groups in total. The van der Waals surface area contributed by atoms with Crippen LogP contribution >= 0.6 is 0 Å². The Kier molecular flexibility index (Phi) is 4.18. The van der Waals surface area contributed by atoms with Gasteiger partial charge in [0.05, 0.1) is 12.5 Å². The lowest BCUT2D eigenvalue weighted by atomic mass is 10.0. The Bertz CT molecular complexity index is 239. The average Bonchev–Trinajstić information content (AvgIpc) is 2.88. The molecule has 3 unspecified atom stereocenters. The van der Waals surface area contributed by atoms with Crippen LogP contribution in [0.2, 0.25) is 0 Å². The van der Waals surface area contributed by atoms with Gasteiger partial charge in [-0.3, -0.25) is 4.79 Å². The van der Waals surface area contributed by atoms with Gasteiger partial charge in [-0.05, 0) is 38.1 Å². The quantitative estimate of drug-likeness (QED) is 0.745. The molecule has 1 aliphatic carbocycles. The van der Waals surface area contributed by atoms with Crippen molar-refractivity contribution in [2.75, 3.05) is 13.2 Å². The molecule has 1 saturated carbocycles. The second-order valence-electron chi connectivity index (χ2n) is 4.94. The molecular weight excluding hydrogens is 204 g/mol. The minimum absolute atomic E-state index is 0.136. The molecule has 1 aliphatic heterocycles. The van der Waals surface area contributed by atoms with Crippen LogP contribution in [-0.4, -0.2) is 31.2 Å². The van der Waals surface area contributed by atoms with Gasteiger partial charge < -0.3 is 15.8 Å². The van der Waals surface area contributed by atoms with Crippen molar-refractivity contribution in [3.05, 3.63) is 0 Å².